The Morgan fingerprint density at radius 2 is 1.84 bits per heavy atom. The van der Waals surface area contributed by atoms with Gasteiger partial charge < -0.3 is 15.4 Å². The van der Waals surface area contributed by atoms with Crippen LogP contribution in [0.3, 0.4) is 0 Å². The van der Waals surface area contributed by atoms with Gasteiger partial charge in [0.05, 0.1) is 10.9 Å². The molecule has 2 aliphatic carbocycles. The zero-order valence-electron chi connectivity index (χ0n) is 18.6. The molecule has 1 aromatic heterocycles. The van der Waals surface area contributed by atoms with E-state index in [0.29, 0.717) is 16.9 Å². The minimum absolute atomic E-state index is 0.00841. The lowest BCUT2D eigenvalue weighted by atomic mass is 9.91. The van der Waals surface area contributed by atoms with Gasteiger partial charge in [-0.05, 0) is 94.3 Å². The van der Waals surface area contributed by atoms with Crippen molar-refractivity contribution in [2.75, 3.05) is 5.32 Å². The number of nitrogens with one attached hydrogen (secondary N) is 2. The van der Waals surface area contributed by atoms with Gasteiger partial charge in [0.1, 0.15) is 5.60 Å². The summed E-state index contributed by atoms with van der Waals surface area (Å²) < 4.78 is 8.05. The van der Waals surface area contributed by atoms with Crippen LogP contribution in [-0.2, 0) is 10.3 Å². The van der Waals surface area contributed by atoms with Gasteiger partial charge in [-0.1, -0.05) is 6.07 Å². The average molecular weight is 491 g/mol. The number of rotatable bonds is 4. The van der Waals surface area contributed by atoms with Crippen LogP contribution in [0.2, 0.25) is 0 Å². The number of ether oxygens (including phenoxy) is 1. The second-order valence-corrected chi connectivity index (χ2v) is 10.9. The maximum absolute atomic E-state index is 13.3. The Labute approximate surface area is 191 Å². The molecule has 1 heterocycles. The number of hydrogen-bond acceptors (Lipinski definition) is 5. The van der Waals surface area contributed by atoms with Crippen molar-refractivity contribution in [1.29, 1.82) is 0 Å². The fourth-order valence-electron chi connectivity index (χ4n) is 4.22. The molecule has 0 atom stereocenters. The van der Waals surface area contributed by atoms with E-state index in [9.17, 15) is 9.59 Å². The van der Waals surface area contributed by atoms with E-state index in [2.05, 4.69) is 33.5 Å². The normalized spacial score (nSPS) is 22.7. The third-order valence-electron chi connectivity index (χ3n) is 6.14. The van der Waals surface area contributed by atoms with Crippen molar-refractivity contribution < 1.29 is 9.53 Å². The molecule has 7 nitrogen and oxygen atoms in total. The van der Waals surface area contributed by atoms with Crippen LogP contribution in [0, 0.1) is 0 Å². The SMILES string of the molecule is CC(C)(C)OC(=O)NC1CCC(Nc2nc3c(Br)cccc3c(=O)n2C2(C)CC2)CC1. The van der Waals surface area contributed by atoms with Gasteiger partial charge in [-0.25, -0.2) is 9.78 Å². The van der Waals surface area contributed by atoms with Crippen LogP contribution in [-0.4, -0.2) is 33.3 Å². The van der Waals surface area contributed by atoms with Crippen molar-refractivity contribution in [3.63, 3.8) is 0 Å². The van der Waals surface area contributed by atoms with Crippen LogP contribution in [0.4, 0.5) is 10.7 Å². The molecule has 4 rings (SSSR count). The van der Waals surface area contributed by atoms with Gasteiger partial charge in [0.15, 0.2) is 0 Å². The highest BCUT2D eigenvalue weighted by atomic mass is 79.9. The summed E-state index contributed by atoms with van der Waals surface area (Å²) in [6.45, 7) is 7.71. The van der Waals surface area contributed by atoms with Gasteiger partial charge in [0, 0.05) is 22.1 Å². The summed E-state index contributed by atoms with van der Waals surface area (Å²) >= 11 is 3.54. The van der Waals surface area contributed by atoms with E-state index in [1.165, 1.54) is 0 Å². The number of aromatic nitrogens is 2. The van der Waals surface area contributed by atoms with E-state index in [4.69, 9.17) is 9.72 Å². The number of amides is 1. The Morgan fingerprint density at radius 1 is 1.19 bits per heavy atom. The molecule has 1 aromatic carbocycles. The lowest BCUT2D eigenvalue weighted by Crippen LogP contribution is -2.43. The molecule has 0 unspecified atom stereocenters. The zero-order valence-corrected chi connectivity index (χ0v) is 20.2. The second-order valence-electron chi connectivity index (χ2n) is 10.0. The van der Waals surface area contributed by atoms with Gasteiger partial charge in [-0.15, -0.1) is 0 Å². The third-order valence-corrected chi connectivity index (χ3v) is 6.78. The first kappa shape index (κ1) is 22.1. The molecule has 168 valence electrons. The Balaban J connectivity index is 1.49. The molecule has 0 aliphatic heterocycles. The van der Waals surface area contributed by atoms with Crippen molar-refractivity contribution >= 4 is 38.9 Å². The van der Waals surface area contributed by atoms with E-state index in [-0.39, 0.29) is 29.3 Å². The van der Waals surface area contributed by atoms with E-state index in [1.54, 1.807) is 0 Å². The molecule has 2 saturated carbocycles. The Morgan fingerprint density at radius 3 is 2.45 bits per heavy atom. The summed E-state index contributed by atoms with van der Waals surface area (Å²) in [5.41, 5.74) is 0.0321. The minimum atomic E-state index is -0.499. The topological polar surface area (TPSA) is 85.2 Å². The monoisotopic (exact) mass is 490 g/mol. The Bertz CT molecular complexity index is 1050. The van der Waals surface area contributed by atoms with E-state index in [0.717, 1.165) is 43.0 Å². The number of alkyl carbamates (subject to hydrolysis) is 1. The molecule has 2 aromatic rings. The molecule has 2 N–H and O–H groups in total. The highest BCUT2D eigenvalue weighted by Crippen LogP contribution is 2.44. The van der Waals surface area contributed by atoms with Gasteiger partial charge in [0.2, 0.25) is 5.95 Å². The number of benzene rings is 1. The molecular formula is C23H31BrN4O3. The number of anilines is 1. The molecule has 31 heavy (non-hydrogen) atoms. The maximum Gasteiger partial charge on any atom is 0.407 e. The highest BCUT2D eigenvalue weighted by molar-refractivity contribution is 9.10. The number of halogens is 1. The van der Waals surface area contributed by atoms with Crippen molar-refractivity contribution in [2.45, 2.75) is 89.4 Å². The first-order valence-electron chi connectivity index (χ1n) is 11.0. The lowest BCUT2D eigenvalue weighted by molar-refractivity contribution is 0.0492. The molecular weight excluding hydrogens is 460 g/mol. The summed E-state index contributed by atoms with van der Waals surface area (Å²) in [7, 11) is 0. The van der Waals surface area contributed by atoms with Crippen LogP contribution in [0.1, 0.15) is 66.2 Å². The quantitative estimate of drug-likeness (QED) is 0.635. The van der Waals surface area contributed by atoms with Crippen molar-refractivity contribution in [3.05, 3.63) is 33.0 Å². The summed E-state index contributed by atoms with van der Waals surface area (Å²) in [6, 6.07) is 5.94. The number of fused-ring (bicyclic) bond motifs is 1. The van der Waals surface area contributed by atoms with Gasteiger partial charge in [-0.3, -0.25) is 9.36 Å². The third kappa shape index (κ3) is 4.89. The largest absolute Gasteiger partial charge is 0.444 e. The number of nitrogens with zero attached hydrogens (tertiary/aromatic N) is 2. The summed E-state index contributed by atoms with van der Waals surface area (Å²) in [4.78, 5) is 30.2. The number of carbonyl (C=O) groups excluding carboxylic acids is 1. The number of carbonyl (C=O) groups is 1. The van der Waals surface area contributed by atoms with E-state index >= 15 is 0 Å². The fraction of sp³-hybridized carbons (Fsp3) is 0.609. The fourth-order valence-corrected chi connectivity index (χ4v) is 4.67. The first-order chi connectivity index (χ1) is 14.6. The molecule has 0 spiro atoms. The van der Waals surface area contributed by atoms with Crippen LogP contribution in [0.5, 0.6) is 0 Å². The van der Waals surface area contributed by atoms with Crippen LogP contribution in [0.15, 0.2) is 27.5 Å². The maximum atomic E-state index is 13.3. The second kappa shape index (κ2) is 8.11. The molecule has 0 saturated heterocycles. The molecule has 0 bridgehead atoms. The molecule has 2 aliphatic rings. The summed E-state index contributed by atoms with van der Waals surface area (Å²) in [5, 5.41) is 7.17. The smallest absolute Gasteiger partial charge is 0.407 e. The standard InChI is InChI=1S/C23H31BrN4O3/c1-22(2,3)31-21(30)26-15-10-8-14(9-11-15)25-20-27-18-16(6-5-7-17(18)24)19(29)28(20)23(4)12-13-23/h5-7,14-15H,8-13H2,1-4H3,(H,25,27)(H,26,30). The molecule has 2 fully saturated rings. The summed E-state index contributed by atoms with van der Waals surface area (Å²) in [5.74, 6) is 0.646. The van der Waals surface area contributed by atoms with Gasteiger partial charge in [0.25, 0.3) is 5.56 Å². The predicted molar refractivity (Wildman–Crippen MR) is 126 cm³/mol. The Kier molecular flexibility index (Phi) is 5.79. The van der Waals surface area contributed by atoms with Gasteiger partial charge in [-0.2, -0.15) is 0 Å². The zero-order chi connectivity index (χ0) is 22.4. The average Bonchev–Trinajstić information content (AvgIpc) is 3.41. The van der Waals surface area contributed by atoms with Gasteiger partial charge >= 0.3 is 6.09 Å². The first-order valence-corrected chi connectivity index (χ1v) is 11.8. The number of hydrogen-bond donors (Lipinski definition) is 2. The van der Waals surface area contributed by atoms with E-state index in [1.807, 2.05) is 43.5 Å². The predicted octanol–water partition coefficient (Wildman–Crippen LogP) is 4.92. The van der Waals surface area contributed by atoms with Crippen molar-refractivity contribution in [1.82, 2.24) is 14.9 Å². The van der Waals surface area contributed by atoms with Crippen LogP contribution in [0.25, 0.3) is 10.9 Å². The lowest BCUT2D eigenvalue weighted by Gasteiger charge is -2.31. The van der Waals surface area contributed by atoms with Crippen LogP contribution < -0.4 is 16.2 Å². The minimum Gasteiger partial charge on any atom is -0.444 e. The molecule has 8 heteroatoms. The van der Waals surface area contributed by atoms with Crippen LogP contribution >= 0.6 is 15.9 Å². The van der Waals surface area contributed by atoms with E-state index < -0.39 is 5.60 Å². The van der Waals surface area contributed by atoms with Crippen molar-refractivity contribution in [2.24, 2.45) is 0 Å². The molecule has 0 radical (unpaired) electrons. The Hall–Kier alpha value is -2.09. The summed E-state index contributed by atoms with van der Waals surface area (Å²) in [6.07, 6.45) is 5.10. The van der Waals surface area contributed by atoms with Crippen molar-refractivity contribution in [3.8, 4) is 0 Å². The highest BCUT2D eigenvalue weighted by Gasteiger charge is 2.42. The molecule has 1 amide bonds. The number of para-hydroxylation sites is 1.